The van der Waals surface area contributed by atoms with Crippen molar-refractivity contribution < 1.29 is 18.7 Å². The van der Waals surface area contributed by atoms with Crippen molar-refractivity contribution in [1.29, 1.82) is 0 Å². The number of esters is 1. The fourth-order valence-electron chi connectivity index (χ4n) is 3.08. The number of hydrogen-bond acceptors (Lipinski definition) is 5. The summed E-state index contributed by atoms with van der Waals surface area (Å²) in [6, 6.07) is 15.3. The van der Waals surface area contributed by atoms with Gasteiger partial charge in [-0.1, -0.05) is 30.3 Å². The van der Waals surface area contributed by atoms with Crippen molar-refractivity contribution in [2.45, 2.75) is 6.42 Å². The maximum absolute atomic E-state index is 12.4. The van der Waals surface area contributed by atoms with E-state index in [1.54, 1.807) is 29.2 Å². The molecule has 0 aliphatic carbocycles. The van der Waals surface area contributed by atoms with Gasteiger partial charge in [0.1, 0.15) is 5.58 Å². The first kappa shape index (κ1) is 16.1. The van der Waals surface area contributed by atoms with Gasteiger partial charge < -0.3 is 14.1 Å². The zero-order valence-electron chi connectivity index (χ0n) is 13.8. The Morgan fingerprint density at radius 3 is 2.73 bits per heavy atom. The van der Waals surface area contributed by atoms with Crippen molar-refractivity contribution in [3.05, 3.63) is 76.1 Å². The standard InChI is InChI=1S/C20H15NO5/c22-16-11-18(26-17-8-4-2-6-14(16)17)20(24)25-12-19(23)21-10-9-13-5-1-3-7-15(13)21/h1-8,11H,9-10,12H2. The van der Waals surface area contributed by atoms with Crippen LogP contribution in [0.4, 0.5) is 5.69 Å². The Balaban J connectivity index is 1.48. The van der Waals surface area contributed by atoms with Crippen LogP contribution in [0.15, 0.2) is 63.8 Å². The largest absolute Gasteiger partial charge is 0.450 e. The summed E-state index contributed by atoms with van der Waals surface area (Å²) in [6.07, 6.45) is 0.773. The van der Waals surface area contributed by atoms with Gasteiger partial charge in [0.2, 0.25) is 5.76 Å². The molecule has 1 aliphatic heterocycles. The lowest BCUT2D eigenvalue weighted by Gasteiger charge is -2.17. The van der Waals surface area contributed by atoms with Gasteiger partial charge in [-0.2, -0.15) is 0 Å². The van der Waals surface area contributed by atoms with Gasteiger partial charge in [0.25, 0.3) is 5.91 Å². The third-order valence-corrected chi connectivity index (χ3v) is 4.35. The van der Waals surface area contributed by atoms with Gasteiger partial charge in [0, 0.05) is 18.3 Å². The molecule has 1 aromatic heterocycles. The summed E-state index contributed by atoms with van der Waals surface area (Å²) in [5, 5.41) is 0.383. The Hall–Kier alpha value is -3.41. The van der Waals surface area contributed by atoms with Gasteiger partial charge in [-0.3, -0.25) is 9.59 Å². The van der Waals surface area contributed by atoms with E-state index in [-0.39, 0.29) is 17.1 Å². The molecule has 0 unspecified atom stereocenters. The maximum atomic E-state index is 12.4. The molecular formula is C20H15NO5. The van der Waals surface area contributed by atoms with Crippen LogP contribution in [0.1, 0.15) is 16.1 Å². The van der Waals surface area contributed by atoms with E-state index in [4.69, 9.17) is 9.15 Å². The highest BCUT2D eigenvalue weighted by molar-refractivity contribution is 5.98. The van der Waals surface area contributed by atoms with Gasteiger partial charge in [0.05, 0.1) is 5.39 Å². The fraction of sp³-hybridized carbons (Fsp3) is 0.150. The van der Waals surface area contributed by atoms with Crippen LogP contribution in [0.3, 0.4) is 0 Å². The number of benzene rings is 2. The molecule has 1 amide bonds. The second-order valence-electron chi connectivity index (χ2n) is 5.97. The number of amides is 1. The number of rotatable bonds is 3. The number of nitrogens with zero attached hydrogens (tertiary/aromatic N) is 1. The maximum Gasteiger partial charge on any atom is 0.374 e. The summed E-state index contributed by atoms with van der Waals surface area (Å²) in [4.78, 5) is 38.2. The van der Waals surface area contributed by atoms with Gasteiger partial charge in [-0.05, 0) is 30.2 Å². The number of anilines is 1. The van der Waals surface area contributed by atoms with E-state index in [0.29, 0.717) is 17.5 Å². The van der Waals surface area contributed by atoms with Crippen molar-refractivity contribution in [3.8, 4) is 0 Å². The van der Waals surface area contributed by atoms with E-state index in [0.717, 1.165) is 23.7 Å². The summed E-state index contributed by atoms with van der Waals surface area (Å²) in [5.74, 6) is -1.37. The third kappa shape index (κ3) is 2.86. The minimum absolute atomic E-state index is 0.219. The molecule has 0 atom stereocenters. The molecule has 0 saturated heterocycles. The topological polar surface area (TPSA) is 76.8 Å². The Kier molecular flexibility index (Phi) is 4.01. The van der Waals surface area contributed by atoms with Crippen molar-refractivity contribution >= 4 is 28.5 Å². The predicted octanol–water partition coefficient (Wildman–Crippen LogP) is 2.54. The van der Waals surface area contributed by atoms with Crippen LogP contribution in [0.5, 0.6) is 0 Å². The molecule has 0 bridgehead atoms. The first-order chi connectivity index (χ1) is 12.6. The Bertz CT molecular complexity index is 1070. The third-order valence-electron chi connectivity index (χ3n) is 4.35. The molecule has 2 heterocycles. The molecular weight excluding hydrogens is 334 g/mol. The quantitative estimate of drug-likeness (QED) is 0.679. The normalized spacial score (nSPS) is 12.8. The number of carbonyl (C=O) groups is 2. The van der Waals surface area contributed by atoms with Crippen molar-refractivity contribution in [1.82, 2.24) is 0 Å². The molecule has 0 N–H and O–H groups in total. The van der Waals surface area contributed by atoms with Gasteiger partial charge in [-0.15, -0.1) is 0 Å². The number of para-hydroxylation sites is 2. The number of ether oxygens (including phenoxy) is 1. The van der Waals surface area contributed by atoms with E-state index < -0.39 is 12.6 Å². The van der Waals surface area contributed by atoms with Crippen molar-refractivity contribution in [2.75, 3.05) is 18.1 Å². The number of carbonyl (C=O) groups excluding carboxylic acids is 2. The molecule has 2 aromatic carbocycles. The monoisotopic (exact) mass is 349 g/mol. The minimum atomic E-state index is -0.839. The second-order valence-corrected chi connectivity index (χ2v) is 5.97. The average molecular weight is 349 g/mol. The molecule has 26 heavy (non-hydrogen) atoms. The molecule has 0 saturated carbocycles. The summed E-state index contributed by atoms with van der Waals surface area (Å²) in [6.45, 7) is 0.143. The zero-order valence-corrected chi connectivity index (χ0v) is 13.8. The van der Waals surface area contributed by atoms with Gasteiger partial charge >= 0.3 is 5.97 Å². The van der Waals surface area contributed by atoms with Crippen molar-refractivity contribution in [3.63, 3.8) is 0 Å². The number of fused-ring (bicyclic) bond motifs is 2. The lowest BCUT2D eigenvalue weighted by molar-refractivity contribution is -0.121. The predicted molar refractivity (Wildman–Crippen MR) is 95.3 cm³/mol. The SMILES string of the molecule is O=C(OCC(=O)N1CCc2ccccc21)c1cc(=O)c2ccccc2o1. The zero-order chi connectivity index (χ0) is 18.1. The van der Waals surface area contributed by atoms with Gasteiger partial charge in [0.15, 0.2) is 12.0 Å². The minimum Gasteiger partial charge on any atom is -0.450 e. The molecule has 6 nitrogen and oxygen atoms in total. The molecule has 4 rings (SSSR count). The fourth-order valence-corrected chi connectivity index (χ4v) is 3.08. The molecule has 3 aromatic rings. The van der Waals surface area contributed by atoms with E-state index in [9.17, 15) is 14.4 Å². The Morgan fingerprint density at radius 1 is 1.08 bits per heavy atom. The lowest BCUT2D eigenvalue weighted by Crippen LogP contribution is -2.33. The average Bonchev–Trinajstić information content (AvgIpc) is 3.10. The highest BCUT2D eigenvalue weighted by atomic mass is 16.5. The smallest absolute Gasteiger partial charge is 0.374 e. The molecule has 130 valence electrons. The Morgan fingerprint density at radius 2 is 1.85 bits per heavy atom. The van der Waals surface area contributed by atoms with E-state index >= 15 is 0 Å². The molecule has 0 radical (unpaired) electrons. The highest BCUT2D eigenvalue weighted by Crippen LogP contribution is 2.27. The van der Waals surface area contributed by atoms with Crippen LogP contribution in [-0.2, 0) is 16.0 Å². The first-order valence-corrected chi connectivity index (χ1v) is 8.22. The summed E-state index contributed by atoms with van der Waals surface area (Å²) in [7, 11) is 0. The van der Waals surface area contributed by atoms with Crippen LogP contribution in [0.2, 0.25) is 0 Å². The first-order valence-electron chi connectivity index (χ1n) is 8.22. The van der Waals surface area contributed by atoms with Crippen LogP contribution in [-0.4, -0.2) is 25.0 Å². The number of hydrogen-bond donors (Lipinski definition) is 0. The van der Waals surface area contributed by atoms with Crippen LogP contribution in [0, 0.1) is 0 Å². The summed E-state index contributed by atoms with van der Waals surface area (Å²) in [5.41, 5.74) is 1.89. The van der Waals surface area contributed by atoms with E-state index in [1.165, 1.54) is 0 Å². The van der Waals surface area contributed by atoms with Crippen LogP contribution < -0.4 is 10.3 Å². The highest BCUT2D eigenvalue weighted by Gasteiger charge is 2.25. The van der Waals surface area contributed by atoms with E-state index in [1.807, 2.05) is 24.3 Å². The molecule has 0 spiro atoms. The summed E-state index contributed by atoms with van der Waals surface area (Å²) < 4.78 is 10.5. The second kappa shape index (κ2) is 6.48. The Labute approximate surface area is 148 Å². The molecule has 6 heteroatoms. The van der Waals surface area contributed by atoms with E-state index in [2.05, 4.69) is 0 Å². The lowest BCUT2D eigenvalue weighted by atomic mass is 10.2. The van der Waals surface area contributed by atoms with Crippen LogP contribution in [0.25, 0.3) is 11.0 Å². The molecule has 1 aliphatic rings. The molecule has 0 fully saturated rings. The van der Waals surface area contributed by atoms with Crippen molar-refractivity contribution in [2.24, 2.45) is 0 Å². The summed E-state index contributed by atoms with van der Waals surface area (Å²) >= 11 is 0. The van der Waals surface area contributed by atoms with Crippen LogP contribution >= 0.6 is 0 Å². The van der Waals surface area contributed by atoms with Gasteiger partial charge in [-0.25, -0.2) is 4.79 Å².